The van der Waals surface area contributed by atoms with Crippen molar-refractivity contribution in [3.63, 3.8) is 0 Å². The fourth-order valence-electron chi connectivity index (χ4n) is 2.47. The van der Waals surface area contributed by atoms with Gasteiger partial charge >= 0.3 is 0 Å². The number of nitrogens with one attached hydrogen (secondary N) is 1. The summed E-state index contributed by atoms with van der Waals surface area (Å²) >= 11 is 0. The number of aliphatic hydroxyl groups is 1. The number of amides is 2. The number of β-amino-alcohol motifs (C(OH)–C–C–N with tert-alkyl or cyclic N) is 1. The molecule has 0 aliphatic carbocycles. The molecule has 1 aromatic rings. The molecular weight excluding hydrogens is 270 g/mol. The van der Waals surface area contributed by atoms with Crippen LogP contribution in [0, 0.1) is 0 Å². The third-order valence-electron chi connectivity index (χ3n) is 3.61. The van der Waals surface area contributed by atoms with Gasteiger partial charge in [0, 0.05) is 11.3 Å². The van der Waals surface area contributed by atoms with Crippen LogP contribution in [0.15, 0.2) is 24.3 Å². The van der Waals surface area contributed by atoms with E-state index in [2.05, 4.69) is 5.32 Å². The molecule has 0 unspecified atom stereocenters. The van der Waals surface area contributed by atoms with E-state index in [9.17, 15) is 14.7 Å². The molecule has 21 heavy (non-hydrogen) atoms. The molecule has 0 atom stereocenters. The van der Waals surface area contributed by atoms with Crippen molar-refractivity contribution in [2.24, 2.45) is 0 Å². The van der Waals surface area contributed by atoms with E-state index in [0.29, 0.717) is 30.8 Å². The monoisotopic (exact) mass is 291 g/mol. The van der Waals surface area contributed by atoms with Crippen LogP contribution >= 0.6 is 0 Å². The summed E-state index contributed by atoms with van der Waals surface area (Å²) in [6, 6.07) is 6.49. The lowest BCUT2D eigenvalue weighted by atomic mass is 9.89. The molecule has 1 aliphatic heterocycles. The molecule has 1 saturated heterocycles. The number of carbonyl (C=O) groups is 2. The second-order valence-corrected chi connectivity index (χ2v) is 5.53. The van der Waals surface area contributed by atoms with E-state index >= 15 is 0 Å². The Morgan fingerprint density at radius 2 is 1.95 bits per heavy atom. The van der Waals surface area contributed by atoms with Crippen molar-refractivity contribution in [2.75, 3.05) is 25.4 Å². The Labute approximate surface area is 123 Å². The maximum atomic E-state index is 11.9. The van der Waals surface area contributed by atoms with Gasteiger partial charge in [-0.25, -0.2) is 0 Å². The third-order valence-corrected chi connectivity index (χ3v) is 3.61. The highest BCUT2D eigenvalue weighted by atomic mass is 16.3. The Bertz CT molecular complexity index is 521. The molecule has 1 fully saturated rings. The molecule has 0 saturated carbocycles. The molecule has 0 spiro atoms. The maximum Gasteiger partial charge on any atom is 0.251 e. The standard InChI is InChI=1S/C15H21N3O3/c1-2-7-15(21)9-18(10-15)13(19)8-17-14(20)11-3-5-12(16)6-4-11/h3-6,21H,2,7-10,16H2,1H3,(H,17,20). The van der Waals surface area contributed by atoms with Gasteiger partial charge in [-0.3, -0.25) is 9.59 Å². The summed E-state index contributed by atoms with van der Waals surface area (Å²) in [5.74, 6) is -0.493. The van der Waals surface area contributed by atoms with E-state index < -0.39 is 5.60 Å². The van der Waals surface area contributed by atoms with Crippen LogP contribution in [0.1, 0.15) is 30.1 Å². The van der Waals surface area contributed by atoms with Crippen LogP contribution in [0.2, 0.25) is 0 Å². The first-order valence-electron chi connectivity index (χ1n) is 7.07. The van der Waals surface area contributed by atoms with E-state index in [-0.39, 0.29) is 18.4 Å². The number of anilines is 1. The molecule has 0 aromatic heterocycles. The number of benzene rings is 1. The van der Waals surface area contributed by atoms with Gasteiger partial charge in [0.05, 0.1) is 25.2 Å². The Balaban J connectivity index is 1.77. The topological polar surface area (TPSA) is 95.7 Å². The van der Waals surface area contributed by atoms with Crippen LogP contribution in [-0.2, 0) is 4.79 Å². The quantitative estimate of drug-likeness (QED) is 0.683. The van der Waals surface area contributed by atoms with E-state index in [1.807, 2.05) is 6.92 Å². The van der Waals surface area contributed by atoms with Gasteiger partial charge in [0.2, 0.25) is 5.91 Å². The Morgan fingerprint density at radius 3 is 2.52 bits per heavy atom. The second kappa shape index (κ2) is 6.13. The zero-order chi connectivity index (χ0) is 15.5. The minimum atomic E-state index is -0.745. The summed E-state index contributed by atoms with van der Waals surface area (Å²) in [5.41, 5.74) is 5.85. The largest absolute Gasteiger partial charge is 0.399 e. The Kier molecular flexibility index (Phi) is 4.47. The second-order valence-electron chi connectivity index (χ2n) is 5.53. The summed E-state index contributed by atoms with van der Waals surface area (Å²) in [7, 11) is 0. The average molecular weight is 291 g/mol. The minimum absolute atomic E-state index is 0.0641. The molecule has 6 heteroatoms. The molecular formula is C15H21N3O3. The first kappa shape index (κ1) is 15.3. The summed E-state index contributed by atoms with van der Waals surface area (Å²) in [6.45, 7) is 2.62. The number of nitrogens with zero attached hydrogens (tertiary/aromatic N) is 1. The lowest BCUT2D eigenvalue weighted by Gasteiger charge is -2.46. The van der Waals surface area contributed by atoms with Gasteiger partial charge in [-0.05, 0) is 30.7 Å². The molecule has 4 N–H and O–H groups in total. The van der Waals surface area contributed by atoms with Gasteiger partial charge < -0.3 is 21.1 Å². The number of nitrogen functional groups attached to an aromatic ring is 1. The molecule has 114 valence electrons. The Morgan fingerprint density at radius 1 is 1.33 bits per heavy atom. The van der Waals surface area contributed by atoms with Crippen LogP contribution in [0.4, 0.5) is 5.69 Å². The first-order chi connectivity index (χ1) is 9.93. The summed E-state index contributed by atoms with van der Waals surface area (Å²) in [4.78, 5) is 25.3. The van der Waals surface area contributed by atoms with Gasteiger partial charge in [0.1, 0.15) is 0 Å². The van der Waals surface area contributed by atoms with Crippen molar-refractivity contribution < 1.29 is 14.7 Å². The fraction of sp³-hybridized carbons (Fsp3) is 0.467. The van der Waals surface area contributed by atoms with Gasteiger partial charge in [0.25, 0.3) is 5.91 Å². The van der Waals surface area contributed by atoms with Crippen LogP contribution < -0.4 is 11.1 Å². The average Bonchev–Trinajstić information content (AvgIpc) is 2.42. The van der Waals surface area contributed by atoms with Crippen molar-refractivity contribution in [1.29, 1.82) is 0 Å². The molecule has 6 nitrogen and oxygen atoms in total. The van der Waals surface area contributed by atoms with Gasteiger partial charge in [-0.15, -0.1) is 0 Å². The number of rotatable bonds is 5. The highest BCUT2D eigenvalue weighted by Gasteiger charge is 2.42. The fourth-order valence-corrected chi connectivity index (χ4v) is 2.47. The van der Waals surface area contributed by atoms with Gasteiger partial charge in [0.15, 0.2) is 0 Å². The first-order valence-corrected chi connectivity index (χ1v) is 7.07. The van der Waals surface area contributed by atoms with Gasteiger partial charge in [-0.1, -0.05) is 13.3 Å². The number of hydrogen-bond donors (Lipinski definition) is 3. The van der Waals surface area contributed by atoms with Crippen LogP contribution in [-0.4, -0.2) is 47.1 Å². The number of likely N-dealkylation sites (tertiary alicyclic amines) is 1. The van der Waals surface area contributed by atoms with E-state index in [0.717, 1.165) is 6.42 Å². The van der Waals surface area contributed by atoms with E-state index in [1.54, 1.807) is 29.2 Å². The van der Waals surface area contributed by atoms with E-state index in [4.69, 9.17) is 5.73 Å². The summed E-state index contributed by atoms with van der Waals surface area (Å²) in [5, 5.41) is 12.6. The predicted molar refractivity (Wildman–Crippen MR) is 79.6 cm³/mol. The highest BCUT2D eigenvalue weighted by molar-refractivity contribution is 5.96. The number of hydrogen-bond acceptors (Lipinski definition) is 4. The molecule has 2 rings (SSSR count). The number of carbonyl (C=O) groups excluding carboxylic acids is 2. The smallest absolute Gasteiger partial charge is 0.251 e. The van der Waals surface area contributed by atoms with Crippen LogP contribution in [0.5, 0.6) is 0 Å². The van der Waals surface area contributed by atoms with Crippen molar-refractivity contribution in [2.45, 2.75) is 25.4 Å². The normalized spacial score (nSPS) is 16.2. The van der Waals surface area contributed by atoms with Crippen molar-refractivity contribution in [3.8, 4) is 0 Å². The lowest BCUT2D eigenvalue weighted by Crippen LogP contribution is -2.64. The summed E-state index contributed by atoms with van der Waals surface area (Å²) in [6.07, 6.45) is 1.57. The Hall–Kier alpha value is -2.08. The molecule has 1 aliphatic rings. The van der Waals surface area contributed by atoms with Crippen molar-refractivity contribution in [3.05, 3.63) is 29.8 Å². The molecule has 0 bridgehead atoms. The van der Waals surface area contributed by atoms with Gasteiger partial charge in [-0.2, -0.15) is 0 Å². The minimum Gasteiger partial charge on any atom is -0.399 e. The lowest BCUT2D eigenvalue weighted by molar-refractivity contribution is -0.155. The highest BCUT2D eigenvalue weighted by Crippen LogP contribution is 2.25. The molecule has 0 radical (unpaired) electrons. The predicted octanol–water partition coefficient (Wildman–Crippen LogP) is 0.372. The molecule has 2 amide bonds. The molecule has 1 aromatic carbocycles. The summed E-state index contributed by atoms with van der Waals surface area (Å²) < 4.78 is 0. The zero-order valence-electron chi connectivity index (χ0n) is 12.1. The third kappa shape index (κ3) is 3.72. The number of nitrogens with two attached hydrogens (primary N) is 1. The van der Waals surface area contributed by atoms with Crippen LogP contribution in [0.25, 0.3) is 0 Å². The zero-order valence-corrected chi connectivity index (χ0v) is 12.1. The van der Waals surface area contributed by atoms with Crippen LogP contribution in [0.3, 0.4) is 0 Å². The SMILES string of the molecule is CCCC1(O)CN(C(=O)CNC(=O)c2ccc(N)cc2)C1. The maximum absolute atomic E-state index is 11.9. The van der Waals surface area contributed by atoms with E-state index in [1.165, 1.54) is 0 Å². The van der Waals surface area contributed by atoms with Crippen molar-refractivity contribution in [1.82, 2.24) is 10.2 Å². The molecule has 1 heterocycles. The van der Waals surface area contributed by atoms with Crippen molar-refractivity contribution >= 4 is 17.5 Å².